The predicted octanol–water partition coefficient (Wildman–Crippen LogP) is 4.21. The molecule has 0 aliphatic heterocycles. The first-order valence-electron chi connectivity index (χ1n) is 8.91. The van der Waals surface area contributed by atoms with Gasteiger partial charge in [-0.1, -0.05) is 43.3 Å². The van der Waals surface area contributed by atoms with E-state index in [0.29, 0.717) is 10.9 Å². The number of benzene rings is 2. The summed E-state index contributed by atoms with van der Waals surface area (Å²) in [6.45, 7) is 5.44. The second-order valence-corrected chi connectivity index (χ2v) is 6.42. The minimum absolute atomic E-state index is 0.341. The average Bonchev–Trinajstić information content (AvgIpc) is 2.67. The van der Waals surface area contributed by atoms with Crippen LogP contribution in [0.1, 0.15) is 34.1 Å². The van der Waals surface area contributed by atoms with Crippen LogP contribution >= 0.6 is 0 Å². The molecular formula is C22H22N2O3. The van der Waals surface area contributed by atoms with E-state index in [0.717, 1.165) is 34.4 Å². The Bertz CT molecular complexity index is 1010. The number of aryl methyl sites for hydroxylation is 3. The summed E-state index contributed by atoms with van der Waals surface area (Å²) >= 11 is 0. The number of fused-ring (bicyclic) bond motifs is 1. The number of rotatable bonds is 5. The Labute approximate surface area is 158 Å². The lowest BCUT2D eigenvalue weighted by molar-refractivity contribution is -0.119. The van der Waals surface area contributed by atoms with Crippen molar-refractivity contribution in [3.8, 4) is 0 Å². The number of esters is 1. The molecule has 3 rings (SSSR count). The van der Waals surface area contributed by atoms with Crippen LogP contribution in [0.25, 0.3) is 10.9 Å². The van der Waals surface area contributed by atoms with Crippen LogP contribution < -0.4 is 5.32 Å². The van der Waals surface area contributed by atoms with Crippen molar-refractivity contribution >= 4 is 28.5 Å². The van der Waals surface area contributed by atoms with Gasteiger partial charge in [-0.25, -0.2) is 4.79 Å². The fourth-order valence-corrected chi connectivity index (χ4v) is 3.06. The minimum Gasteiger partial charge on any atom is -0.452 e. The molecule has 2 aromatic carbocycles. The highest BCUT2D eigenvalue weighted by atomic mass is 16.5. The number of carbonyl (C=O) groups is 2. The number of hydrogen-bond acceptors (Lipinski definition) is 4. The molecule has 0 radical (unpaired) electrons. The molecule has 5 nitrogen and oxygen atoms in total. The van der Waals surface area contributed by atoms with Crippen LogP contribution in [0.3, 0.4) is 0 Å². The van der Waals surface area contributed by atoms with E-state index >= 15 is 0 Å². The van der Waals surface area contributed by atoms with Gasteiger partial charge in [0, 0.05) is 16.8 Å². The zero-order valence-electron chi connectivity index (χ0n) is 15.7. The van der Waals surface area contributed by atoms with Gasteiger partial charge >= 0.3 is 5.97 Å². The van der Waals surface area contributed by atoms with Crippen LogP contribution in [0.2, 0.25) is 0 Å². The second-order valence-electron chi connectivity index (χ2n) is 6.42. The van der Waals surface area contributed by atoms with Crippen LogP contribution in [0.15, 0.2) is 48.5 Å². The monoisotopic (exact) mass is 362 g/mol. The number of carbonyl (C=O) groups excluding carboxylic acids is 2. The van der Waals surface area contributed by atoms with Crippen molar-refractivity contribution in [3.05, 3.63) is 70.9 Å². The van der Waals surface area contributed by atoms with Crippen LogP contribution in [0, 0.1) is 13.8 Å². The van der Waals surface area contributed by atoms with E-state index in [4.69, 9.17) is 4.74 Å². The van der Waals surface area contributed by atoms with E-state index in [1.54, 1.807) is 6.07 Å². The highest BCUT2D eigenvalue weighted by molar-refractivity contribution is 6.04. The standard InChI is InChI=1S/C22H22N2O3/c1-4-16-9-7-8-14(2)21(16)24-20(25)13-27-22(26)18-12-15(3)23-19-11-6-5-10-17(18)19/h5-12H,4,13H2,1-3H3,(H,24,25). The van der Waals surface area contributed by atoms with Gasteiger partial charge in [0.2, 0.25) is 0 Å². The molecule has 3 aromatic rings. The summed E-state index contributed by atoms with van der Waals surface area (Å²) in [6.07, 6.45) is 0.805. The maximum absolute atomic E-state index is 12.5. The van der Waals surface area contributed by atoms with Crippen LogP contribution in [-0.4, -0.2) is 23.5 Å². The number of nitrogens with one attached hydrogen (secondary N) is 1. The lowest BCUT2D eigenvalue weighted by Crippen LogP contribution is -2.22. The number of nitrogens with zero attached hydrogens (tertiary/aromatic N) is 1. The predicted molar refractivity (Wildman–Crippen MR) is 106 cm³/mol. The molecule has 138 valence electrons. The second kappa shape index (κ2) is 7.99. The van der Waals surface area contributed by atoms with Gasteiger partial charge in [0.25, 0.3) is 5.91 Å². The van der Waals surface area contributed by atoms with Crippen LogP contribution in [-0.2, 0) is 16.0 Å². The molecule has 0 unspecified atom stereocenters. The quantitative estimate of drug-likeness (QED) is 0.691. The first-order valence-corrected chi connectivity index (χ1v) is 8.91. The summed E-state index contributed by atoms with van der Waals surface area (Å²) in [7, 11) is 0. The molecule has 0 spiro atoms. The Morgan fingerprint density at radius 1 is 1.07 bits per heavy atom. The third kappa shape index (κ3) is 4.14. The van der Waals surface area contributed by atoms with Gasteiger partial charge in [-0.15, -0.1) is 0 Å². The average molecular weight is 362 g/mol. The van der Waals surface area contributed by atoms with Gasteiger partial charge in [-0.2, -0.15) is 0 Å². The molecule has 5 heteroatoms. The Balaban J connectivity index is 1.72. The molecule has 1 heterocycles. The van der Waals surface area contributed by atoms with Crippen LogP contribution in [0.4, 0.5) is 5.69 Å². The molecule has 0 bridgehead atoms. The third-order valence-corrected chi connectivity index (χ3v) is 4.40. The van der Waals surface area contributed by atoms with Crippen molar-refractivity contribution in [2.45, 2.75) is 27.2 Å². The molecule has 1 aromatic heterocycles. The molecule has 0 saturated heterocycles. The topological polar surface area (TPSA) is 68.3 Å². The summed E-state index contributed by atoms with van der Waals surface area (Å²) in [5.74, 6) is -0.894. The maximum Gasteiger partial charge on any atom is 0.339 e. The molecule has 1 N–H and O–H groups in total. The molecule has 0 aliphatic carbocycles. The molecular weight excluding hydrogens is 340 g/mol. The van der Waals surface area contributed by atoms with Gasteiger partial charge in [0.15, 0.2) is 6.61 Å². The number of para-hydroxylation sites is 2. The Kier molecular flexibility index (Phi) is 5.50. The number of amides is 1. The zero-order valence-corrected chi connectivity index (χ0v) is 15.7. The normalized spacial score (nSPS) is 10.6. The number of hydrogen-bond donors (Lipinski definition) is 1. The molecule has 0 fully saturated rings. The number of pyridine rings is 1. The fraction of sp³-hybridized carbons (Fsp3) is 0.227. The van der Waals surface area contributed by atoms with Gasteiger partial charge in [0.1, 0.15) is 0 Å². The maximum atomic E-state index is 12.5. The van der Waals surface area contributed by atoms with Gasteiger partial charge in [0.05, 0.1) is 11.1 Å². The van der Waals surface area contributed by atoms with Crippen molar-refractivity contribution in [2.24, 2.45) is 0 Å². The molecule has 0 saturated carbocycles. The van der Waals surface area contributed by atoms with E-state index in [2.05, 4.69) is 10.3 Å². The molecule has 0 atom stereocenters. The minimum atomic E-state index is -0.535. The van der Waals surface area contributed by atoms with Crippen molar-refractivity contribution < 1.29 is 14.3 Å². The SMILES string of the molecule is CCc1cccc(C)c1NC(=O)COC(=O)c1cc(C)nc2ccccc12. The fourth-order valence-electron chi connectivity index (χ4n) is 3.06. The van der Waals surface area contributed by atoms with Gasteiger partial charge in [-0.05, 0) is 43.5 Å². The van der Waals surface area contributed by atoms with Gasteiger partial charge < -0.3 is 10.1 Å². The van der Waals surface area contributed by atoms with Crippen molar-refractivity contribution in [2.75, 3.05) is 11.9 Å². The largest absolute Gasteiger partial charge is 0.452 e. The number of anilines is 1. The smallest absolute Gasteiger partial charge is 0.339 e. The summed E-state index contributed by atoms with van der Waals surface area (Å²) in [5, 5.41) is 3.57. The van der Waals surface area contributed by atoms with Gasteiger partial charge in [-0.3, -0.25) is 9.78 Å². The summed E-state index contributed by atoms with van der Waals surface area (Å²) in [4.78, 5) is 29.2. The van der Waals surface area contributed by atoms with E-state index < -0.39 is 5.97 Å². The first kappa shape index (κ1) is 18.6. The van der Waals surface area contributed by atoms with Crippen molar-refractivity contribution in [1.29, 1.82) is 0 Å². The van der Waals surface area contributed by atoms with Crippen molar-refractivity contribution in [1.82, 2.24) is 4.98 Å². The number of ether oxygens (including phenoxy) is 1. The Morgan fingerprint density at radius 3 is 2.63 bits per heavy atom. The van der Waals surface area contributed by atoms with E-state index in [1.165, 1.54) is 0 Å². The Morgan fingerprint density at radius 2 is 1.85 bits per heavy atom. The number of aromatic nitrogens is 1. The lowest BCUT2D eigenvalue weighted by atomic mass is 10.1. The van der Waals surface area contributed by atoms with E-state index in [9.17, 15) is 9.59 Å². The first-order chi connectivity index (χ1) is 13.0. The summed E-state index contributed by atoms with van der Waals surface area (Å²) in [6, 6.07) is 14.9. The Hall–Kier alpha value is -3.21. The molecule has 1 amide bonds. The highest BCUT2D eigenvalue weighted by Crippen LogP contribution is 2.21. The van der Waals surface area contributed by atoms with E-state index in [1.807, 2.05) is 63.2 Å². The van der Waals surface area contributed by atoms with E-state index in [-0.39, 0.29) is 12.5 Å². The molecule has 27 heavy (non-hydrogen) atoms. The summed E-state index contributed by atoms with van der Waals surface area (Å²) < 4.78 is 5.26. The summed E-state index contributed by atoms with van der Waals surface area (Å²) in [5.41, 5.74) is 4.66. The lowest BCUT2D eigenvalue weighted by Gasteiger charge is -2.13. The zero-order chi connectivity index (χ0) is 19.4. The van der Waals surface area contributed by atoms with Crippen LogP contribution in [0.5, 0.6) is 0 Å². The molecule has 0 aliphatic rings. The highest BCUT2D eigenvalue weighted by Gasteiger charge is 2.16. The van der Waals surface area contributed by atoms with Crippen molar-refractivity contribution in [3.63, 3.8) is 0 Å². The third-order valence-electron chi connectivity index (χ3n) is 4.40.